The van der Waals surface area contributed by atoms with Crippen LogP contribution in [0.3, 0.4) is 0 Å². The first-order valence-electron chi connectivity index (χ1n) is 6.62. The van der Waals surface area contributed by atoms with Gasteiger partial charge in [0, 0.05) is 11.0 Å². The maximum Gasteiger partial charge on any atom is 0.416 e. The molecule has 6 heteroatoms. The van der Waals surface area contributed by atoms with E-state index >= 15 is 0 Å². The number of rotatable bonds is 4. The van der Waals surface area contributed by atoms with E-state index in [9.17, 15) is 18.0 Å². The first-order valence-corrected chi connectivity index (χ1v) is 7.50. The lowest BCUT2D eigenvalue weighted by Crippen LogP contribution is -2.04. The van der Waals surface area contributed by atoms with Crippen molar-refractivity contribution in [3.8, 4) is 0 Å². The molecule has 0 aliphatic rings. The van der Waals surface area contributed by atoms with E-state index in [1.165, 1.54) is 29.5 Å². The molecule has 0 radical (unpaired) electrons. The average Bonchev–Trinajstić information content (AvgIpc) is 2.89. The number of hydrogen-bond acceptors (Lipinski definition) is 2. The van der Waals surface area contributed by atoms with Gasteiger partial charge in [-0.05, 0) is 47.2 Å². The zero-order valence-corrected chi connectivity index (χ0v) is 12.9. The number of aliphatic carboxylic acids is 1. The molecular weight excluding hydrogens is 325 g/mol. The molecule has 0 amide bonds. The van der Waals surface area contributed by atoms with Crippen molar-refractivity contribution in [1.82, 2.24) is 0 Å². The topological polar surface area (TPSA) is 37.3 Å². The van der Waals surface area contributed by atoms with Crippen molar-refractivity contribution >= 4 is 22.9 Å². The van der Waals surface area contributed by atoms with Gasteiger partial charge >= 0.3 is 12.1 Å². The van der Waals surface area contributed by atoms with Crippen molar-refractivity contribution in [1.29, 1.82) is 0 Å². The fraction of sp³-hybridized carbons (Fsp3) is 0.118. The number of hydrogen-bond donors (Lipinski definition) is 1. The van der Waals surface area contributed by atoms with E-state index in [0.717, 1.165) is 28.6 Å². The van der Waals surface area contributed by atoms with E-state index in [1.54, 1.807) is 6.08 Å². The van der Waals surface area contributed by atoms with Crippen LogP contribution in [0.2, 0.25) is 0 Å². The molecule has 1 heterocycles. The summed E-state index contributed by atoms with van der Waals surface area (Å²) in [4.78, 5) is 11.4. The molecule has 2 rings (SSSR count). The normalized spacial score (nSPS) is 12.8. The molecule has 0 atom stereocenters. The Bertz CT molecular complexity index is 753. The second-order valence-electron chi connectivity index (χ2n) is 4.84. The van der Waals surface area contributed by atoms with E-state index < -0.39 is 17.7 Å². The van der Waals surface area contributed by atoms with Gasteiger partial charge < -0.3 is 5.11 Å². The Labute approximate surface area is 135 Å². The number of thiophene rings is 1. The predicted molar refractivity (Wildman–Crippen MR) is 84.4 cm³/mol. The highest BCUT2D eigenvalue weighted by atomic mass is 32.1. The number of halogens is 3. The smallest absolute Gasteiger partial charge is 0.416 e. The highest BCUT2D eigenvalue weighted by Crippen LogP contribution is 2.33. The molecule has 0 bridgehead atoms. The van der Waals surface area contributed by atoms with Crippen LogP contribution in [0.5, 0.6) is 0 Å². The molecule has 0 aliphatic heterocycles. The Balaban J connectivity index is 2.43. The van der Waals surface area contributed by atoms with Crippen LogP contribution in [0, 0.1) is 6.92 Å². The highest BCUT2D eigenvalue weighted by molar-refractivity contribution is 7.11. The van der Waals surface area contributed by atoms with E-state index in [1.807, 2.05) is 18.4 Å². The van der Waals surface area contributed by atoms with Gasteiger partial charge in [0.05, 0.1) is 5.56 Å². The van der Waals surface area contributed by atoms with Crippen molar-refractivity contribution < 1.29 is 23.1 Å². The Morgan fingerprint density at radius 1 is 1.22 bits per heavy atom. The van der Waals surface area contributed by atoms with Crippen LogP contribution >= 0.6 is 11.3 Å². The lowest BCUT2D eigenvalue weighted by molar-refractivity contribution is -0.137. The number of carbonyl (C=O) groups is 1. The van der Waals surface area contributed by atoms with E-state index in [0.29, 0.717) is 11.1 Å². The third kappa shape index (κ3) is 4.56. The summed E-state index contributed by atoms with van der Waals surface area (Å²) in [5.74, 6) is -1.09. The van der Waals surface area contributed by atoms with Gasteiger partial charge in [0.15, 0.2) is 0 Å². The minimum Gasteiger partial charge on any atom is -0.478 e. The summed E-state index contributed by atoms with van der Waals surface area (Å²) in [6.45, 7) is 1.91. The van der Waals surface area contributed by atoms with Crippen molar-refractivity contribution in [3.05, 3.63) is 75.5 Å². The van der Waals surface area contributed by atoms with Crippen LogP contribution in [0.15, 0.2) is 53.9 Å². The first kappa shape index (κ1) is 17.0. The molecule has 23 heavy (non-hydrogen) atoms. The summed E-state index contributed by atoms with van der Waals surface area (Å²) >= 11 is 1.45. The van der Waals surface area contributed by atoms with E-state index in [4.69, 9.17) is 5.11 Å². The van der Waals surface area contributed by atoms with Crippen LogP contribution in [-0.2, 0) is 11.0 Å². The second kappa shape index (κ2) is 6.83. The predicted octanol–water partition coefficient (Wildman–Crippen LogP) is 5.15. The number of carboxylic acid groups (broad SMARTS) is 1. The Hall–Kier alpha value is -2.34. The zero-order chi connectivity index (χ0) is 17.0. The molecule has 0 spiro atoms. The number of aryl methyl sites for hydroxylation is 1. The number of allylic oxidation sites excluding steroid dienone is 2. The molecule has 1 aromatic carbocycles. The molecule has 0 saturated carbocycles. The summed E-state index contributed by atoms with van der Waals surface area (Å²) in [6.07, 6.45) is -0.456. The molecule has 2 nitrogen and oxygen atoms in total. The lowest BCUT2D eigenvalue weighted by atomic mass is 10.0. The molecule has 0 saturated heterocycles. The minimum absolute atomic E-state index is 0.592. The van der Waals surface area contributed by atoms with E-state index in [-0.39, 0.29) is 0 Å². The Kier molecular flexibility index (Phi) is 5.05. The first-order chi connectivity index (χ1) is 10.8. The monoisotopic (exact) mass is 338 g/mol. The van der Waals surface area contributed by atoms with Gasteiger partial charge in [-0.3, -0.25) is 0 Å². The fourth-order valence-electron chi connectivity index (χ4n) is 1.96. The Morgan fingerprint density at radius 3 is 2.35 bits per heavy atom. The second-order valence-corrected chi connectivity index (χ2v) is 5.75. The summed E-state index contributed by atoms with van der Waals surface area (Å²) in [6, 6.07) is 6.72. The molecule has 1 N–H and O–H groups in total. The van der Waals surface area contributed by atoms with Crippen molar-refractivity contribution in [3.63, 3.8) is 0 Å². The summed E-state index contributed by atoms with van der Waals surface area (Å²) in [7, 11) is 0. The average molecular weight is 338 g/mol. The standard InChI is InChI=1S/C17H13F3O2S/c1-11-9-15(23-10-11)14(3-2-4-16(21)22)12-5-7-13(8-6-12)17(18,19)20/h2-10H,1H3,(H,21,22). The quantitative estimate of drug-likeness (QED) is 0.618. The molecule has 2 aromatic rings. The van der Waals surface area contributed by atoms with Gasteiger partial charge in [-0.1, -0.05) is 24.3 Å². The highest BCUT2D eigenvalue weighted by Gasteiger charge is 2.30. The van der Waals surface area contributed by atoms with Crippen molar-refractivity contribution in [2.75, 3.05) is 0 Å². The van der Waals surface area contributed by atoms with Crippen LogP contribution < -0.4 is 0 Å². The largest absolute Gasteiger partial charge is 0.478 e. The fourth-order valence-corrected chi connectivity index (χ4v) is 2.91. The maximum absolute atomic E-state index is 12.6. The molecular formula is C17H13F3O2S. The van der Waals surface area contributed by atoms with Crippen LogP contribution in [-0.4, -0.2) is 11.1 Å². The van der Waals surface area contributed by atoms with Crippen LogP contribution in [0.25, 0.3) is 5.57 Å². The van der Waals surface area contributed by atoms with Gasteiger partial charge in [0.1, 0.15) is 0 Å². The third-order valence-corrected chi connectivity index (χ3v) is 4.10. The van der Waals surface area contributed by atoms with Gasteiger partial charge in [-0.25, -0.2) is 4.79 Å². The Morgan fingerprint density at radius 2 is 1.87 bits per heavy atom. The van der Waals surface area contributed by atoms with Crippen molar-refractivity contribution in [2.24, 2.45) is 0 Å². The summed E-state index contributed by atoms with van der Waals surface area (Å²) in [5, 5.41) is 10.6. The van der Waals surface area contributed by atoms with E-state index in [2.05, 4.69) is 0 Å². The van der Waals surface area contributed by atoms with Crippen LogP contribution in [0.1, 0.15) is 21.6 Å². The number of carboxylic acids is 1. The van der Waals surface area contributed by atoms with Gasteiger partial charge in [-0.2, -0.15) is 13.2 Å². The molecule has 0 aliphatic carbocycles. The SMILES string of the molecule is Cc1csc(C(=CC=CC(=O)O)c2ccc(C(F)(F)F)cc2)c1. The van der Waals surface area contributed by atoms with Crippen molar-refractivity contribution in [2.45, 2.75) is 13.1 Å². The summed E-state index contributed by atoms with van der Waals surface area (Å²) < 4.78 is 37.9. The third-order valence-electron chi connectivity index (χ3n) is 3.02. The van der Waals surface area contributed by atoms with Gasteiger partial charge in [0.25, 0.3) is 0 Å². The zero-order valence-electron chi connectivity index (χ0n) is 12.1. The van der Waals surface area contributed by atoms with Gasteiger partial charge in [0.2, 0.25) is 0 Å². The van der Waals surface area contributed by atoms with Gasteiger partial charge in [-0.15, -0.1) is 11.3 Å². The minimum atomic E-state index is -4.38. The maximum atomic E-state index is 12.6. The summed E-state index contributed by atoms with van der Waals surface area (Å²) in [5.41, 5.74) is 1.58. The number of benzene rings is 1. The molecule has 0 unspecified atom stereocenters. The lowest BCUT2D eigenvalue weighted by Gasteiger charge is -2.09. The molecule has 0 fully saturated rings. The molecule has 1 aromatic heterocycles. The number of alkyl halides is 3. The van der Waals surface area contributed by atoms with Crippen LogP contribution in [0.4, 0.5) is 13.2 Å². The molecule has 120 valence electrons.